The second-order valence-electron chi connectivity index (χ2n) is 4.07. The predicted octanol–water partition coefficient (Wildman–Crippen LogP) is 1.70. The summed E-state index contributed by atoms with van der Waals surface area (Å²) in [5, 5.41) is 7.76. The van der Waals surface area contributed by atoms with Gasteiger partial charge in [-0.1, -0.05) is 6.92 Å². The third kappa shape index (κ3) is 3.19. The molecule has 0 atom stereocenters. The third-order valence-corrected chi connectivity index (χ3v) is 2.40. The highest BCUT2D eigenvalue weighted by atomic mass is 15.3. The lowest BCUT2D eigenvalue weighted by Crippen LogP contribution is -2.37. The lowest BCUT2D eigenvalue weighted by atomic mass is 10.0. The van der Waals surface area contributed by atoms with Crippen molar-refractivity contribution in [2.24, 2.45) is 7.05 Å². The summed E-state index contributed by atoms with van der Waals surface area (Å²) in [6.45, 7) is 7.44. The fraction of sp³-hybridized carbons (Fsp3) is 0.700. The normalized spacial score (nSPS) is 12.0. The van der Waals surface area contributed by atoms with Crippen LogP contribution in [-0.4, -0.2) is 15.3 Å². The number of nitrogens with one attached hydrogen (secondary N) is 1. The molecule has 0 spiro atoms. The van der Waals surface area contributed by atoms with Crippen molar-refractivity contribution in [3.63, 3.8) is 0 Å². The molecular weight excluding hydrogens is 162 g/mol. The Labute approximate surface area is 80.1 Å². The Kier molecular flexibility index (Phi) is 3.09. The van der Waals surface area contributed by atoms with Crippen LogP contribution in [0.2, 0.25) is 0 Å². The zero-order valence-corrected chi connectivity index (χ0v) is 8.96. The summed E-state index contributed by atoms with van der Waals surface area (Å²) < 4.78 is 1.83. The largest absolute Gasteiger partial charge is 0.306 e. The summed E-state index contributed by atoms with van der Waals surface area (Å²) in [4.78, 5) is 0. The Morgan fingerprint density at radius 2 is 2.23 bits per heavy atom. The van der Waals surface area contributed by atoms with Crippen LogP contribution in [0.5, 0.6) is 0 Å². The van der Waals surface area contributed by atoms with E-state index in [1.165, 1.54) is 0 Å². The summed E-state index contributed by atoms with van der Waals surface area (Å²) in [6, 6.07) is 2.04. The molecule has 0 radical (unpaired) electrons. The van der Waals surface area contributed by atoms with Crippen molar-refractivity contribution in [3.05, 3.63) is 18.0 Å². The number of nitrogens with zero attached hydrogens (tertiary/aromatic N) is 2. The standard InChI is InChI=1S/C10H19N3/c1-5-10(2,3)11-8-9-6-7-13(4)12-9/h6-7,11H,5,8H2,1-4H3. The van der Waals surface area contributed by atoms with Gasteiger partial charge in [-0.05, 0) is 26.3 Å². The molecule has 1 N–H and O–H groups in total. The Balaban J connectivity index is 2.43. The van der Waals surface area contributed by atoms with Gasteiger partial charge in [-0.3, -0.25) is 4.68 Å². The molecular formula is C10H19N3. The van der Waals surface area contributed by atoms with Crippen molar-refractivity contribution in [2.45, 2.75) is 39.3 Å². The van der Waals surface area contributed by atoms with Crippen molar-refractivity contribution in [3.8, 4) is 0 Å². The van der Waals surface area contributed by atoms with E-state index >= 15 is 0 Å². The van der Waals surface area contributed by atoms with Crippen molar-refractivity contribution < 1.29 is 0 Å². The maximum Gasteiger partial charge on any atom is 0.0762 e. The second-order valence-corrected chi connectivity index (χ2v) is 4.07. The van der Waals surface area contributed by atoms with Gasteiger partial charge in [0.05, 0.1) is 5.69 Å². The lowest BCUT2D eigenvalue weighted by molar-refractivity contribution is 0.371. The monoisotopic (exact) mass is 181 g/mol. The first kappa shape index (κ1) is 10.3. The average Bonchev–Trinajstić information content (AvgIpc) is 2.48. The molecule has 13 heavy (non-hydrogen) atoms. The smallest absolute Gasteiger partial charge is 0.0762 e. The summed E-state index contributed by atoms with van der Waals surface area (Å²) in [5.41, 5.74) is 1.31. The zero-order valence-electron chi connectivity index (χ0n) is 8.96. The van der Waals surface area contributed by atoms with E-state index < -0.39 is 0 Å². The van der Waals surface area contributed by atoms with Gasteiger partial charge < -0.3 is 5.32 Å². The van der Waals surface area contributed by atoms with E-state index in [-0.39, 0.29) is 5.54 Å². The molecule has 1 heterocycles. The van der Waals surface area contributed by atoms with Crippen LogP contribution in [0.4, 0.5) is 0 Å². The molecule has 0 aliphatic rings. The van der Waals surface area contributed by atoms with Gasteiger partial charge >= 0.3 is 0 Å². The number of hydrogen-bond acceptors (Lipinski definition) is 2. The van der Waals surface area contributed by atoms with Gasteiger partial charge in [-0.25, -0.2) is 0 Å². The highest BCUT2D eigenvalue weighted by molar-refractivity contribution is 4.98. The van der Waals surface area contributed by atoms with E-state index in [2.05, 4.69) is 31.2 Å². The summed E-state index contributed by atoms with van der Waals surface area (Å²) >= 11 is 0. The number of rotatable bonds is 4. The van der Waals surface area contributed by atoms with Crippen LogP contribution in [0.1, 0.15) is 32.9 Å². The molecule has 0 bridgehead atoms. The highest BCUT2D eigenvalue weighted by Crippen LogP contribution is 2.07. The van der Waals surface area contributed by atoms with Crippen LogP contribution in [-0.2, 0) is 13.6 Å². The molecule has 0 aliphatic carbocycles. The van der Waals surface area contributed by atoms with Gasteiger partial charge in [0.15, 0.2) is 0 Å². The van der Waals surface area contributed by atoms with Gasteiger partial charge in [0, 0.05) is 25.3 Å². The highest BCUT2D eigenvalue weighted by Gasteiger charge is 2.13. The van der Waals surface area contributed by atoms with Gasteiger partial charge in [0.2, 0.25) is 0 Å². The molecule has 0 amide bonds. The molecule has 1 aromatic heterocycles. The second kappa shape index (κ2) is 3.92. The van der Waals surface area contributed by atoms with Gasteiger partial charge in [0.25, 0.3) is 0 Å². The topological polar surface area (TPSA) is 29.9 Å². The van der Waals surface area contributed by atoms with Crippen LogP contribution < -0.4 is 5.32 Å². The Morgan fingerprint density at radius 3 is 2.69 bits per heavy atom. The fourth-order valence-electron chi connectivity index (χ4n) is 1.01. The number of aryl methyl sites for hydroxylation is 1. The summed E-state index contributed by atoms with van der Waals surface area (Å²) in [7, 11) is 1.94. The van der Waals surface area contributed by atoms with Crippen molar-refractivity contribution in [2.75, 3.05) is 0 Å². The molecule has 0 aromatic carbocycles. The van der Waals surface area contributed by atoms with Crippen LogP contribution in [0.15, 0.2) is 12.3 Å². The minimum absolute atomic E-state index is 0.206. The molecule has 74 valence electrons. The molecule has 1 rings (SSSR count). The van der Waals surface area contributed by atoms with E-state index in [1.807, 2.05) is 24.0 Å². The van der Waals surface area contributed by atoms with Gasteiger partial charge in [-0.15, -0.1) is 0 Å². The van der Waals surface area contributed by atoms with Crippen LogP contribution in [0, 0.1) is 0 Å². The molecule has 0 saturated heterocycles. The molecule has 1 aromatic rings. The minimum atomic E-state index is 0.206. The molecule has 3 nitrogen and oxygen atoms in total. The molecule has 0 unspecified atom stereocenters. The van der Waals surface area contributed by atoms with E-state index in [0.29, 0.717) is 0 Å². The van der Waals surface area contributed by atoms with E-state index in [9.17, 15) is 0 Å². The average molecular weight is 181 g/mol. The minimum Gasteiger partial charge on any atom is -0.306 e. The number of hydrogen-bond donors (Lipinski definition) is 1. The molecule has 0 aliphatic heterocycles. The maximum atomic E-state index is 4.30. The van der Waals surface area contributed by atoms with Crippen LogP contribution >= 0.6 is 0 Å². The van der Waals surface area contributed by atoms with E-state index in [1.54, 1.807) is 0 Å². The third-order valence-electron chi connectivity index (χ3n) is 2.40. The predicted molar refractivity (Wildman–Crippen MR) is 54.4 cm³/mol. The molecule has 3 heteroatoms. The lowest BCUT2D eigenvalue weighted by Gasteiger charge is -2.23. The zero-order chi connectivity index (χ0) is 9.90. The Hall–Kier alpha value is -0.830. The molecule has 0 fully saturated rings. The first-order valence-corrected chi connectivity index (χ1v) is 4.77. The van der Waals surface area contributed by atoms with Gasteiger partial charge in [0.1, 0.15) is 0 Å². The molecule has 0 saturated carbocycles. The Morgan fingerprint density at radius 1 is 1.54 bits per heavy atom. The quantitative estimate of drug-likeness (QED) is 0.766. The van der Waals surface area contributed by atoms with Crippen molar-refractivity contribution in [1.82, 2.24) is 15.1 Å². The van der Waals surface area contributed by atoms with Crippen LogP contribution in [0.3, 0.4) is 0 Å². The SMILES string of the molecule is CCC(C)(C)NCc1ccn(C)n1. The van der Waals surface area contributed by atoms with E-state index in [4.69, 9.17) is 0 Å². The summed E-state index contributed by atoms with van der Waals surface area (Å²) in [5.74, 6) is 0. The summed E-state index contributed by atoms with van der Waals surface area (Å²) in [6.07, 6.45) is 3.09. The number of aromatic nitrogens is 2. The fourth-order valence-corrected chi connectivity index (χ4v) is 1.01. The first-order chi connectivity index (χ1) is 6.03. The van der Waals surface area contributed by atoms with Crippen molar-refractivity contribution in [1.29, 1.82) is 0 Å². The van der Waals surface area contributed by atoms with Crippen molar-refractivity contribution >= 4 is 0 Å². The van der Waals surface area contributed by atoms with E-state index in [0.717, 1.165) is 18.7 Å². The van der Waals surface area contributed by atoms with Crippen LogP contribution in [0.25, 0.3) is 0 Å². The maximum absolute atomic E-state index is 4.30. The Bertz CT molecular complexity index is 263. The first-order valence-electron chi connectivity index (χ1n) is 4.77. The van der Waals surface area contributed by atoms with Gasteiger partial charge in [-0.2, -0.15) is 5.10 Å².